The second-order valence-corrected chi connectivity index (χ2v) is 3.97. The van der Waals surface area contributed by atoms with E-state index in [2.05, 4.69) is 0 Å². The summed E-state index contributed by atoms with van der Waals surface area (Å²) in [6.45, 7) is 3.68. The molecule has 0 fully saturated rings. The van der Waals surface area contributed by atoms with Crippen LogP contribution >= 0.6 is 0 Å². The van der Waals surface area contributed by atoms with E-state index in [-0.39, 0.29) is 6.04 Å². The molecule has 17 heavy (non-hydrogen) atoms. The zero-order chi connectivity index (χ0) is 13.2. The highest BCUT2D eigenvalue weighted by atomic mass is 19.4. The molecule has 0 spiro atoms. The van der Waals surface area contributed by atoms with Gasteiger partial charge in [0, 0.05) is 18.4 Å². The van der Waals surface area contributed by atoms with Gasteiger partial charge in [0.25, 0.3) is 0 Å². The number of hydrogen-bond donors (Lipinski definition) is 1. The van der Waals surface area contributed by atoms with E-state index in [1.165, 1.54) is 4.57 Å². The zero-order valence-electron chi connectivity index (χ0n) is 9.58. The molecule has 6 heteroatoms. The van der Waals surface area contributed by atoms with Gasteiger partial charge in [-0.2, -0.15) is 13.2 Å². The predicted octanol–water partition coefficient (Wildman–Crippen LogP) is 3.57. The van der Waals surface area contributed by atoms with Crippen molar-refractivity contribution in [3.63, 3.8) is 0 Å². The molecule has 0 amide bonds. The van der Waals surface area contributed by atoms with Gasteiger partial charge in [-0.25, -0.2) is 4.79 Å². The maximum Gasteiger partial charge on any atom is 0.418 e. The molecule has 0 aliphatic carbocycles. The Labute approximate surface area is 96.9 Å². The first-order valence-corrected chi connectivity index (χ1v) is 5.29. The number of alkyl halides is 3. The molecule has 0 aliphatic heterocycles. The number of aromatic nitrogens is 1. The van der Waals surface area contributed by atoms with Gasteiger partial charge in [0.1, 0.15) is 0 Å². The minimum atomic E-state index is -4.63. The summed E-state index contributed by atoms with van der Waals surface area (Å²) >= 11 is 0. The van der Waals surface area contributed by atoms with Crippen LogP contribution in [-0.2, 0) is 6.18 Å². The molecule has 0 radical (unpaired) electrons. The Kier molecular flexibility index (Phi) is 3.85. The normalized spacial score (nSPS) is 13.7. The number of nitrogens with zero attached hydrogens (tertiary/aromatic N) is 1. The molecule has 96 valence electrons. The summed E-state index contributed by atoms with van der Waals surface area (Å²) in [5.41, 5.74) is -1.78. The Morgan fingerprint density at radius 2 is 2.06 bits per heavy atom. The smallest absolute Gasteiger partial charge is 0.418 e. The summed E-state index contributed by atoms with van der Waals surface area (Å²) < 4.78 is 39.1. The van der Waals surface area contributed by atoms with E-state index in [1.807, 2.05) is 6.92 Å². The third-order valence-electron chi connectivity index (χ3n) is 2.60. The minimum absolute atomic E-state index is 0.144. The van der Waals surface area contributed by atoms with E-state index in [0.29, 0.717) is 6.42 Å². The van der Waals surface area contributed by atoms with E-state index in [0.717, 1.165) is 18.8 Å². The number of hydrogen-bond acceptors (Lipinski definition) is 1. The minimum Gasteiger partial charge on any atom is -0.478 e. The van der Waals surface area contributed by atoms with Crippen molar-refractivity contribution in [2.75, 3.05) is 0 Å². The predicted molar refractivity (Wildman–Crippen MR) is 56.0 cm³/mol. The lowest BCUT2D eigenvalue weighted by Gasteiger charge is -2.11. The number of rotatable bonds is 4. The third-order valence-corrected chi connectivity index (χ3v) is 2.60. The van der Waals surface area contributed by atoms with Gasteiger partial charge >= 0.3 is 12.1 Å². The Hall–Kier alpha value is -1.46. The Bertz CT molecular complexity index is 409. The van der Waals surface area contributed by atoms with Gasteiger partial charge in [-0.1, -0.05) is 13.3 Å². The van der Waals surface area contributed by atoms with Crippen LogP contribution in [-0.4, -0.2) is 15.6 Å². The van der Waals surface area contributed by atoms with Crippen LogP contribution in [0.3, 0.4) is 0 Å². The molecule has 1 atom stereocenters. The van der Waals surface area contributed by atoms with Gasteiger partial charge in [0.2, 0.25) is 0 Å². The molecule has 3 nitrogen and oxygen atoms in total. The first-order chi connectivity index (χ1) is 7.77. The zero-order valence-corrected chi connectivity index (χ0v) is 9.58. The average Bonchev–Trinajstić information content (AvgIpc) is 2.61. The van der Waals surface area contributed by atoms with Gasteiger partial charge in [0.05, 0.1) is 11.1 Å². The van der Waals surface area contributed by atoms with E-state index in [1.54, 1.807) is 6.92 Å². The monoisotopic (exact) mass is 249 g/mol. The summed E-state index contributed by atoms with van der Waals surface area (Å²) in [5.74, 6) is -1.56. The summed E-state index contributed by atoms with van der Waals surface area (Å²) in [5, 5.41) is 8.74. The van der Waals surface area contributed by atoms with Crippen molar-refractivity contribution in [1.82, 2.24) is 4.57 Å². The van der Waals surface area contributed by atoms with Crippen LogP contribution in [0.15, 0.2) is 12.4 Å². The molecule has 1 aromatic rings. The molecular weight excluding hydrogens is 235 g/mol. The maximum atomic E-state index is 12.6. The van der Waals surface area contributed by atoms with Crippen LogP contribution in [0.1, 0.15) is 48.7 Å². The highest BCUT2D eigenvalue weighted by molar-refractivity contribution is 5.89. The summed E-state index contributed by atoms with van der Waals surface area (Å²) in [6.07, 6.45) is -1.20. The topological polar surface area (TPSA) is 42.2 Å². The summed E-state index contributed by atoms with van der Waals surface area (Å²) in [4.78, 5) is 10.7. The van der Waals surface area contributed by atoms with Crippen molar-refractivity contribution < 1.29 is 23.1 Å². The molecule has 1 N–H and O–H groups in total. The number of carboxylic acid groups (broad SMARTS) is 1. The lowest BCUT2D eigenvalue weighted by molar-refractivity contribution is -0.138. The Morgan fingerprint density at radius 1 is 1.47 bits per heavy atom. The van der Waals surface area contributed by atoms with Gasteiger partial charge in [-0.15, -0.1) is 0 Å². The molecule has 1 heterocycles. The van der Waals surface area contributed by atoms with E-state index < -0.39 is 23.3 Å². The summed E-state index contributed by atoms with van der Waals surface area (Å²) in [6, 6.07) is -0.144. The van der Waals surface area contributed by atoms with Crippen molar-refractivity contribution in [2.24, 2.45) is 0 Å². The maximum absolute atomic E-state index is 12.6. The van der Waals surface area contributed by atoms with Gasteiger partial charge < -0.3 is 9.67 Å². The molecule has 0 bridgehead atoms. The van der Waals surface area contributed by atoms with Crippen molar-refractivity contribution in [1.29, 1.82) is 0 Å². The van der Waals surface area contributed by atoms with E-state index >= 15 is 0 Å². The van der Waals surface area contributed by atoms with E-state index in [9.17, 15) is 18.0 Å². The second kappa shape index (κ2) is 4.81. The fourth-order valence-corrected chi connectivity index (χ4v) is 1.69. The SMILES string of the molecule is CCCC(C)n1cc(C(=O)O)c(C(F)(F)F)c1. The first-order valence-electron chi connectivity index (χ1n) is 5.29. The molecule has 0 saturated carbocycles. The molecule has 0 aliphatic rings. The number of aromatic carboxylic acids is 1. The largest absolute Gasteiger partial charge is 0.478 e. The lowest BCUT2D eigenvalue weighted by atomic mass is 10.2. The summed E-state index contributed by atoms with van der Waals surface area (Å²) in [7, 11) is 0. The number of carbonyl (C=O) groups is 1. The van der Waals surface area contributed by atoms with Crippen LogP contribution in [0, 0.1) is 0 Å². The molecule has 1 rings (SSSR count). The second-order valence-electron chi connectivity index (χ2n) is 3.97. The van der Waals surface area contributed by atoms with Crippen molar-refractivity contribution >= 4 is 5.97 Å². The Morgan fingerprint density at radius 3 is 2.41 bits per heavy atom. The standard InChI is InChI=1S/C11H14F3NO2/c1-3-4-7(2)15-5-8(10(16)17)9(6-15)11(12,13)14/h5-7H,3-4H2,1-2H3,(H,16,17). The molecule has 0 saturated heterocycles. The number of halogens is 3. The highest BCUT2D eigenvalue weighted by Gasteiger charge is 2.37. The lowest BCUT2D eigenvalue weighted by Crippen LogP contribution is -2.09. The van der Waals surface area contributed by atoms with Crippen LogP contribution in [0.4, 0.5) is 13.2 Å². The van der Waals surface area contributed by atoms with Crippen LogP contribution in [0.2, 0.25) is 0 Å². The van der Waals surface area contributed by atoms with Crippen LogP contribution in [0.5, 0.6) is 0 Å². The molecule has 1 aromatic heterocycles. The van der Waals surface area contributed by atoms with E-state index in [4.69, 9.17) is 5.11 Å². The van der Waals surface area contributed by atoms with Crippen molar-refractivity contribution in [2.45, 2.75) is 38.9 Å². The van der Waals surface area contributed by atoms with Gasteiger partial charge in [0.15, 0.2) is 0 Å². The van der Waals surface area contributed by atoms with Crippen molar-refractivity contribution in [3.05, 3.63) is 23.5 Å². The molecular formula is C11H14F3NO2. The van der Waals surface area contributed by atoms with Gasteiger partial charge in [-0.05, 0) is 13.3 Å². The number of carboxylic acids is 1. The first kappa shape index (κ1) is 13.6. The fraction of sp³-hybridized carbons (Fsp3) is 0.545. The van der Waals surface area contributed by atoms with Crippen LogP contribution in [0.25, 0.3) is 0 Å². The molecule has 0 aromatic carbocycles. The average molecular weight is 249 g/mol. The fourth-order valence-electron chi connectivity index (χ4n) is 1.69. The quantitative estimate of drug-likeness (QED) is 0.886. The Balaban J connectivity index is 3.17. The highest BCUT2D eigenvalue weighted by Crippen LogP contribution is 2.33. The van der Waals surface area contributed by atoms with Crippen LogP contribution < -0.4 is 0 Å². The molecule has 1 unspecified atom stereocenters. The van der Waals surface area contributed by atoms with Gasteiger partial charge in [-0.3, -0.25) is 0 Å². The van der Waals surface area contributed by atoms with Crippen molar-refractivity contribution in [3.8, 4) is 0 Å². The third kappa shape index (κ3) is 3.01.